The highest BCUT2D eigenvalue weighted by Crippen LogP contribution is 2.24. The molecule has 0 aliphatic carbocycles. The molecular weight excluding hydrogens is 380 g/mol. The minimum absolute atomic E-state index is 0.216. The second-order valence-corrected chi connectivity index (χ2v) is 7.07. The number of rotatable bonds is 7. The van der Waals surface area contributed by atoms with Crippen molar-refractivity contribution in [3.8, 4) is 5.75 Å². The van der Waals surface area contributed by atoms with Gasteiger partial charge in [-0.25, -0.2) is 0 Å². The SMILES string of the molecule is O=C(CCCOc1ccccc1Br)N1CCC(Nc2ccccc2)C1. The first kappa shape index (κ1) is 17.8. The number of likely N-dealkylation sites (tertiary alicyclic amines) is 1. The van der Waals surface area contributed by atoms with E-state index in [2.05, 4.69) is 33.4 Å². The minimum Gasteiger partial charge on any atom is -0.492 e. The molecule has 1 N–H and O–H groups in total. The molecule has 1 heterocycles. The molecule has 1 aliphatic rings. The van der Waals surface area contributed by atoms with Crippen LogP contribution in [-0.2, 0) is 4.79 Å². The Kier molecular flexibility index (Phi) is 6.34. The number of halogens is 1. The lowest BCUT2D eigenvalue weighted by Gasteiger charge is -2.18. The first-order valence-corrected chi connectivity index (χ1v) is 9.48. The number of anilines is 1. The lowest BCUT2D eigenvalue weighted by atomic mass is 10.2. The summed E-state index contributed by atoms with van der Waals surface area (Å²) in [5.41, 5.74) is 1.11. The summed E-state index contributed by atoms with van der Waals surface area (Å²) in [7, 11) is 0. The Balaban J connectivity index is 1.37. The van der Waals surface area contributed by atoms with Crippen LogP contribution < -0.4 is 10.1 Å². The van der Waals surface area contributed by atoms with E-state index in [1.54, 1.807) is 0 Å². The summed E-state index contributed by atoms with van der Waals surface area (Å²) in [6.07, 6.45) is 2.25. The van der Waals surface area contributed by atoms with E-state index in [0.717, 1.165) is 41.8 Å². The van der Waals surface area contributed by atoms with Gasteiger partial charge in [0.2, 0.25) is 5.91 Å². The van der Waals surface area contributed by atoms with Gasteiger partial charge in [-0.05, 0) is 53.0 Å². The molecule has 0 aromatic heterocycles. The third-order valence-electron chi connectivity index (χ3n) is 4.31. The molecule has 0 radical (unpaired) electrons. The topological polar surface area (TPSA) is 41.6 Å². The molecule has 1 saturated heterocycles. The van der Waals surface area contributed by atoms with Crippen molar-refractivity contribution in [2.75, 3.05) is 25.0 Å². The predicted molar refractivity (Wildman–Crippen MR) is 104 cm³/mol. The van der Waals surface area contributed by atoms with E-state index in [4.69, 9.17) is 4.74 Å². The maximum Gasteiger partial charge on any atom is 0.222 e. The number of amides is 1. The Morgan fingerprint density at radius 1 is 1.16 bits per heavy atom. The Morgan fingerprint density at radius 2 is 1.92 bits per heavy atom. The van der Waals surface area contributed by atoms with Crippen molar-refractivity contribution in [3.63, 3.8) is 0 Å². The van der Waals surface area contributed by atoms with Crippen molar-refractivity contribution >= 4 is 27.5 Å². The molecule has 132 valence electrons. The Hall–Kier alpha value is -2.01. The van der Waals surface area contributed by atoms with Crippen molar-refractivity contribution in [1.82, 2.24) is 4.90 Å². The van der Waals surface area contributed by atoms with Crippen molar-refractivity contribution in [3.05, 3.63) is 59.1 Å². The molecule has 4 nitrogen and oxygen atoms in total. The third-order valence-corrected chi connectivity index (χ3v) is 4.97. The van der Waals surface area contributed by atoms with Crippen LogP contribution in [0.2, 0.25) is 0 Å². The van der Waals surface area contributed by atoms with E-state index < -0.39 is 0 Å². The zero-order valence-corrected chi connectivity index (χ0v) is 15.7. The zero-order valence-electron chi connectivity index (χ0n) is 14.2. The molecule has 5 heteroatoms. The molecule has 1 unspecified atom stereocenters. The highest BCUT2D eigenvalue weighted by atomic mass is 79.9. The molecule has 0 spiro atoms. The highest BCUT2D eigenvalue weighted by Gasteiger charge is 2.25. The van der Waals surface area contributed by atoms with Crippen LogP contribution in [0.4, 0.5) is 5.69 Å². The van der Waals surface area contributed by atoms with Gasteiger partial charge in [0.25, 0.3) is 0 Å². The third kappa shape index (κ3) is 5.23. The highest BCUT2D eigenvalue weighted by molar-refractivity contribution is 9.10. The van der Waals surface area contributed by atoms with Crippen LogP contribution in [0.25, 0.3) is 0 Å². The molecule has 2 aromatic rings. The largest absolute Gasteiger partial charge is 0.492 e. The Labute approximate surface area is 157 Å². The van der Waals surface area contributed by atoms with Crippen molar-refractivity contribution in [2.24, 2.45) is 0 Å². The number of hydrogen-bond donors (Lipinski definition) is 1. The second kappa shape index (κ2) is 8.90. The molecule has 1 atom stereocenters. The molecule has 3 rings (SSSR count). The lowest BCUT2D eigenvalue weighted by Crippen LogP contribution is -2.31. The van der Waals surface area contributed by atoms with Gasteiger partial charge in [-0.3, -0.25) is 4.79 Å². The molecule has 1 amide bonds. The van der Waals surface area contributed by atoms with Gasteiger partial charge in [-0.15, -0.1) is 0 Å². The van der Waals surface area contributed by atoms with E-state index in [1.165, 1.54) is 0 Å². The van der Waals surface area contributed by atoms with Crippen LogP contribution in [0.1, 0.15) is 19.3 Å². The van der Waals surface area contributed by atoms with Gasteiger partial charge in [0.05, 0.1) is 11.1 Å². The normalized spacial score (nSPS) is 16.7. The van der Waals surface area contributed by atoms with Gasteiger partial charge in [0, 0.05) is 31.2 Å². The van der Waals surface area contributed by atoms with Gasteiger partial charge in [0.1, 0.15) is 5.75 Å². The van der Waals surface area contributed by atoms with Crippen LogP contribution >= 0.6 is 15.9 Å². The predicted octanol–water partition coefficient (Wildman–Crippen LogP) is 4.32. The maximum atomic E-state index is 12.4. The fourth-order valence-electron chi connectivity index (χ4n) is 3.00. The van der Waals surface area contributed by atoms with E-state index in [-0.39, 0.29) is 5.91 Å². The summed E-state index contributed by atoms with van der Waals surface area (Å²) < 4.78 is 6.66. The molecule has 0 bridgehead atoms. The molecule has 1 aliphatic heterocycles. The quantitative estimate of drug-likeness (QED) is 0.701. The number of nitrogens with one attached hydrogen (secondary N) is 1. The number of benzene rings is 2. The van der Waals surface area contributed by atoms with Crippen LogP contribution in [0.3, 0.4) is 0 Å². The van der Waals surface area contributed by atoms with Crippen LogP contribution in [0, 0.1) is 0 Å². The fraction of sp³-hybridized carbons (Fsp3) is 0.350. The monoisotopic (exact) mass is 402 g/mol. The fourth-order valence-corrected chi connectivity index (χ4v) is 3.40. The van der Waals surface area contributed by atoms with Crippen molar-refractivity contribution < 1.29 is 9.53 Å². The number of ether oxygens (including phenoxy) is 1. The van der Waals surface area contributed by atoms with Gasteiger partial charge in [0.15, 0.2) is 0 Å². The maximum absolute atomic E-state index is 12.4. The van der Waals surface area contributed by atoms with Crippen LogP contribution in [-0.4, -0.2) is 36.5 Å². The number of para-hydroxylation sites is 2. The second-order valence-electron chi connectivity index (χ2n) is 6.22. The van der Waals surface area contributed by atoms with Gasteiger partial charge in [-0.1, -0.05) is 30.3 Å². The first-order valence-electron chi connectivity index (χ1n) is 8.69. The lowest BCUT2D eigenvalue weighted by molar-refractivity contribution is -0.130. The van der Waals surface area contributed by atoms with Crippen molar-refractivity contribution in [1.29, 1.82) is 0 Å². The summed E-state index contributed by atoms with van der Waals surface area (Å²) in [6.45, 7) is 2.15. The summed E-state index contributed by atoms with van der Waals surface area (Å²) in [6, 6.07) is 18.3. The van der Waals surface area contributed by atoms with E-state index >= 15 is 0 Å². The Bertz CT molecular complexity index is 693. The Morgan fingerprint density at radius 3 is 2.72 bits per heavy atom. The summed E-state index contributed by atoms with van der Waals surface area (Å²) in [5.74, 6) is 1.04. The minimum atomic E-state index is 0.216. The molecule has 2 aromatic carbocycles. The smallest absolute Gasteiger partial charge is 0.222 e. The number of hydrogen-bond acceptors (Lipinski definition) is 3. The molecule has 1 fully saturated rings. The summed E-state index contributed by atoms with van der Waals surface area (Å²) in [4.78, 5) is 14.3. The van der Waals surface area contributed by atoms with E-state index in [1.807, 2.05) is 47.4 Å². The van der Waals surface area contributed by atoms with E-state index in [9.17, 15) is 4.79 Å². The van der Waals surface area contributed by atoms with Crippen LogP contribution in [0.5, 0.6) is 5.75 Å². The first-order chi connectivity index (χ1) is 12.2. The number of nitrogens with zero attached hydrogens (tertiary/aromatic N) is 1. The average Bonchev–Trinajstić information content (AvgIpc) is 3.09. The number of carbonyl (C=O) groups excluding carboxylic acids is 1. The number of carbonyl (C=O) groups is 1. The van der Waals surface area contributed by atoms with Gasteiger partial charge < -0.3 is 15.0 Å². The average molecular weight is 403 g/mol. The molecule has 0 saturated carbocycles. The van der Waals surface area contributed by atoms with Gasteiger partial charge >= 0.3 is 0 Å². The standard InChI is InChI=1S/C20H23BrN2O2/c21-18-9-4-5-10-19(18)25-14-6-11-20(24)23-13-12-17(15-23)22-16-7-2-1-3-8-16/h1-5,7-10,17,22H,6,11-15H2. The summed E-state index contributed by atoms with van der Waals surface area (Å²) in [5, 5.41) is 3.50. The summed E-state index contributed by atoms with van der Waals surface area (Å²) >= 11 is 3.46. The van der Waals surface area contributed by atoms with E-state index in [0.29, 0.717) is 19.1 Å². The molecule has 25 heavy (non-hydrogen) atoms. The van der Waals surface area contributed by atoms with Crippen molar-refractivity contribution in [2.45, 2.75) is 25.3 Å². The molecular formula is C20H23BrN2O2. The zero-order chi connectivity index (χ0) is 17.5. The van der Waals surface area contributed by atoms with Crippen LogP contribution in [0.15, 0.2) is 59.1 Å². The van der Waals surface area contributed by atoms with Gasteiger partial charge in [-0.2, -0.15) is 0 Å².